The molecular weight excluding hydrogens is 315 g/mol. The molecule has 0 fully saturated rings. The second-order valence-electron chi connectivity index (χ2n) is 4.84. The maximum Gasteiger partial charge on any atom is 0.251 e. The van der Waals surface area contributed by atoms with Gasteiger partial charge in [0.2, 0.25) is 5.91 Å². The first kappa shape index (κ1) is 17.3. The van der Waals surface area contributed by atoms with E-state index in [4.69, 9.17) is 9.47 Å². The Balaban J connectivity index is 1.96. The molecule has 0 aromatic heterocycles. The molecule has 2 N–H and O–H groups in total. The minimum absolute atomic E-state index is 0.255. The molecule has 0 aliphatic heterocycles. The Labute approximate surface area is 138 Å². The maximum absolute atomic E-state index is 13.1. The van der Waals surface area contributed by atoms with E-state index in [0.29, 0.717) is 22.7 Å². The number of hydrogen-bond donors (Lipinski definition) is 2. The molecule has 0 aliphatic carbocycles. The van der Waals surface area contributed by atoms with Gasteiger partial charge in [0.25, 0.3) is 5.91 Å². The van der Waals surface area contributed by atoms with Crippen LogP contribution in [0.15, 0.2) is 42.5 Å². The normalized spacial score (nSPS) is 9.96. The van der Waals surface area contributed by atoms with Crippen molar-refractivity contribution in [3.63, 3.8) is 0 Å². The van der Waals surface area contributed by atoms with Crippen LogP contribution in [-0.2, 0) is 4.79 Å². The van der Waals surface area contributed by atoms with Crippen LogP contribution in [0.2, 0.25) is 0 Å². The molecule has 0 atom stereocenters. The third-order valence-corrected chi connectivity index (χ3v) is 3.13. The summed E-state index contributed by atoms with van der Waals surface area (Å²) in [5.74, 6) is -0.460. The van der Waals surface area contributed by atoms with E-state index in [9.17, 15) is 14.0 Å². The molecule has 0 bridgehead atoms. The predicted molar refractivity (Wildman–Crippen MR) is 86.9 cm³/mol. The third-order valence-electron chi connectivity index (χ3n) is 3.13. The van der Waals surface area contributed by atoms with Crippen molar-refractivity contribution in [3.05, 3.63) is 53.8 Å². The Morgan fingerprint density at radius 3 is 2.29 bits per heavy atom. The number of ether oxygens (including phenoxy) is 2. The second-order valence-corrected chi connectivity index (χ2v) is 4.84. The van der Waals surface area contributed by atoms with Crippen LogP contribution in [0, 0.1) is 5.82 Å². The molecule has 0 saturated carbocycles. The van der Waals surface area contributed by atoms with Crippen LogP contribution in [0.3, 0.4) is 0 Å². The standard InChI is InChI=1S/C17H17FN2O4/c1-23-14-6-11(7-15(9-14)24-2)17(22)19-10-16(21)20-13-5-3-4-12(18)8-13/h3-9H,10H2,1-2H3,(H,19,22)(H,20,21). The van der Waals surface area contributed by atoms with Gasteiger partial charge in [-0.25, -0.2) is 4.39 Å². The highest BCUT2D eigenvalue weighted by atomic mass is 19.1. The number of amides is 2. The van der Waals surface area contributed by atoms with Gasteiger partial charge >= 0.3 is 0 Å². The molecule has 2 aromatic rings. The summed E-state index contributed by atoms with van der Waals surface area (Å²) < 4.78 is 23.2. The number of nitrogens with one attached hydrogen (secondary N) is 2. The summed E-state index contributed by atoms with van der Waals surface area (Å²) in [5, 5.41) is 4.97. The van der Waals surface area contributed by atoms with Gasteiger partial charge in [-0.05, 0) is 30.3 Å². The lowest BCUT2D eigenvalue weighted by Crippen LogP contribution is -2.32. The number of hydrogen-bond acceptors (Lipinski definition) is 4. The number of methoxy groups -OCH3 is 2. The molecule has 2 aromatic carbocycles. The minimum atomic E-state index is -0.469. The SMILES string of the molecule is COc1cc(OC)cc(C(=O)NCC(=O)Nc2cccc(F)c2)c1. The van der Waals surface area contributed by atoms with Gasteiger partial charge in [-0.2, -0.15) is 0 Å². The summed E-state index contributed by atoms with van der Waals surface area (Å²) >= 11 is 0. The third kappa shape index (κ3) is 4.70. The van der Waals surface area contributed by atoms with E-state index in [1.54, 1.807) is 12.1 Å². The first-order chi connectivity index (χ1) is 11.5. The van der Waals surface area contributed by atoms with Crippen molar-refractivity contribution < 1.29 is 23.5 Å². The van der Waals surface area contributed by atoms with Crippen molar-refractivity contribution in [1.29, 1.82) is 0 Å². The van der Waals surface area contributed by atoms with Crippen molar-refractivity contribution >= 4 is 17.5 Å². The zero-order valence-corrected chi connectivity index (χ0v) is 13.3. The molecule has 0 aliphatic rings. The van der Waals surface area contributed by atoms with Crippen LogP contribution in [0.4, 0.5) is 10.1 Å². The topological polar surface area (TPSA) is 76.7 Å². The van der Waals surface area contributed by atoms with Crippen LogP contribution < -0.4 is 20.1 Å². The van der Waals surface area contributed by atoms with Crippen molar-refractivity contribution in [1.82, 2.24) is 5.32 Å². The van der Waals surface area contributed by atoms with Gasteiger partial charge in [0.15, 0.2) is 0 Å². The summed E-state index contributed by atoms with van der Waals surface area (Å²) in [4.78, 5) is 23.9. The summed E-state index contributed by atoms with van der Waals surface area (Å²) in [6.07, 6.45) is 0. The number of rotatable bonds is 6. The van der Waals surface area contributed by atoms with Gasteiger partial charge in [-0.15, -0.1) is 0 Å². The number of halogens is 1. The first-order valence-corrected chi connectivity index (χ1v) is 7.08. The van der Waals surface area contributed by atoms with E-state index >= 15 is 0 Å². The number of carbonyl (C=O) groups excluding carboxylic acids is 2. The average Bonchev–Trinajstić information content (AvgIpc) is 2.59. The summed E-state index contributed by atoms with van der Waals surface area (Å²) in [6.45, 7) is -0.255. The van der Waals surface area contributed by atoms with Gasteiger partial charge in [-0.1, -0.05) is 6.07 Å². The zero-order chi connectivity index (χ0) is 17.5. The molecule has 6 nitrogen and oxygen atoms in total. The Morgan fingerprint density at radius 2 is 1.71 bits per heavy atom. The lowest BCUT2D eigenvalue weighted by molar-refractivity contribution is -0.115. The van der Waals surface area contributed by atoms with Gasteiger partial charge in [0.05, 0.1) is 20.8 Å². The van der Waals surface area contributed by atoms with E-state index in [2.05, 4.69) is 10.6 Å². The van der Waals surface area contributed by atoms with E-state index < -0.39 is 17.6 Å². The molecule has 2 rings (SSSR count). The van der Waals surface area contributed by atoms with Crippen LogP contribution in [0.25, 0.3) is 0 Å². The predicted octanol–water partition coefficient (Wildman–Crippen LogP) is 2.21. The number of benzene rings is 2. The molecule has 0 spiro atoms. The minimum Gasteiger partial charge on any atom is -0.497 e. The van der Waals surface area contributed by atoms with Crippen LogP contribution in [0.5, 0.6) is 11.5 Å². The lowest BCUT2D eigenvalue weighted by atomic mass is 10.2. The molecule has 0 radical (unpaired) electrons. The molecule has 0 unspecified atom stereocenters. The number of anilines is 1. The van der Waals surface area contributed by atoms with Crippen LogP contribution >= 0.6 is 0 Å². The molecular formula is C17H17FN2O4. The van der Waals surface area contributed by atoms with Gasteiger partial charge < -0.3 is 20.1 Å². The van der Waals surface area contributed by atoms with Gasteiger partial charge in [0, 0.05) is 17.3 Å². The molecule has 24 heavy (non-hydrogen) atoms. The highest BCUT2D eigenvalue weighted by Crippen LogP contribution is 2.22. The summed E-state index contributed by atoms with van der Waals surface area (Å²) in [6, 6.07) is 10.2. The van der Waals surface area contributed by atoms with Gasteiger partial charge in [-0.3, -0.25) is 9.59 Å². The van der Waals surface area contributed by atoms with E-state index in [1.165, 1.54) is 44.6 Å². The first-order valence-electron chi connectivity index (χ1n) is 7.08. The Hall–Kier alpha value is -3.09. The van der Waals surface area contributed by atoms with Crippen molar-refractivity contribution in [2.75, 3.05) is 26.1 Å². The van der Waals surface area contributed by atoms with Crippen molar-refractivity contribution in [2.24, 2.45) is 0 Å². The summed E-state index contributed by atoms with van der Waals surface area (Å²) in [7, 11) is 2.95. The number of carbonyl (C=O) groups is 2. The zero-order valence-electron chi connectivity index (χ0n) is 13.3. The monoisotopic (exact) mass is 332 g/mol. The fraction of sp³-hybridized carbons (Fsp3) is 0.176. The summed E-state index contributed by atoms with van der Waals surface area (Å²) in [5.41, 5.74) is 0.613. The maximum atomic E-state index is 13.1. The van der Waals surface area contributed by atoms with E-state index in [-0.39, 0.29) is 6.54 Å². The fourth-order valence-corrected chi connectivity index (χ4v) is 1.97. The Bertz CT molecular complexity index is 727. The highest BCUT2D eigenvalue weighted by Gasteiger charge is 2.11. The molecule has 2 amide bonds. The second kappa shape index (κ2) is 7.96. The van der Waals surface area contributed by atoms with Crippen molar-refractivity contribution in [2.45, 2.75) is 0 Å². The van der Waals surface area contributed by atoms with E-state index in [0.717, 1.165) is 0 Å². The Morgan fingerprint density at radius 1 is 1.04 bits per heavy atom. The lowest BCUT2D eigenvalue weighted by Gasteiger charge is -2.09. The Kier molecular flexibility index (Phi) is 5.73. The van der Waals surface area contributed by atoms with Gasteiger partial charge in [0.1, 0.15) is 17.3 Å². The van der Waals surface area contributed by atoms with Crippen LogP contribution in [-0.4, -0.2) is 32.6 Å². The quantitative estimate of drug-likeness (QED) is 0.850. The largest absolute Gasteiger partial charge is 0.497 e. The highest BCUT2D eigenvalue weighted by molar-refractivity contribution is 5.99. The molecule has 0 saturated heterocycles. The molecule has 0 heterocycles. The molecule has 126 valence electrons. The molecule has 7 heteroatoms. The van der Waals surface area contributed by atoms with Crippen LogP contribution in [0.1, 0.15) is 10.4 Å². The van der Waals surface area contributed by atoms with E-state index in [1.807, 2.05) is 0 Å². The fourth-order valence-electron chi connectivity index (χ4n) is 1.97. The smallest absolute Gasteiger partial charge is 0.251 e. The average molecular weight is 332 g/mol. The van der Waals surface area contributed by atoms with Crippen molar-refractivity contribution in [3.8, 4) is 11.5 Å².